The molecule has 0 aliphatic carbocycles. The Morgan fingerprint density at radius 2 is 2.36 bits per heavy atom. The van der Waals surface area contributed by atoms with Gasteiger partial charge in [0.05, 0.1) is 29.0 Å². The van der Waals surface area contributed by atoms with Crippen molar-refractivity contribution in [2.75, 3.05) is 0 Å². The monoisotopic (exact) mass is 196 g/mol. The number of carbonyl (C=O) groups is 1. The molecule has 0 fully saturated rings. The van der Waals surface area contributed by atoms with Crippen LogP contribution >= 0.6 is 0 Å². The van der Waals surface area contributed by atoms with Crippen molar-refractivity contribution in [3.8, 4) is 0 Å². The molecule has 0 saturated heterocycles. The zero-order chi connectivity index (χ0) is 10.3. The third-order valence-electron chi connectivity index (χ3n) is 2.36. The highest BCUT2D eigenvalue weighted by molar-refractivity contribution is 5.98. The molecule has 1 aliphatic rings. The summed E-state index contributed by atoms with van der Waals surface area (Å²) in [4.78, 5) is 21.3. The van der Waals surface area contributed by atoms with Crippen LogP contribution in [0.25, 0.3) is 0 Å². The van der Waals surface area contributed by atoms with Gasteiger partial charge in [-0.3, -0.25) is 14.9 Å². The van der Waals surface area contributed by atoms with Crippen molar-refractivity contribution < 1.29 is 14.8 Å². The van der Waals surface area contributed by atoms with Gasteiger partial charge < -0.3 is 9.67 Å². The number of Topliss-reactive ketones (excluding diaryl/α,β-unsaturated/α-hetero) is 1. The highest BCUT2D eigenvalue weighted by atomic mass is 16.6. The molecule has 6 nitrogen and oxygen atoms in total. The number of hydrogen-bond acceptors (Lipinski definition) is 4. The van der Waals surface area contributed by atoms with Crippen LogP contribution < -0.4 is 0 Å². The lowest BCUT2D eigenvalue weighted by atomic mass is 10.1. The summed E-state index contributed by atoms with van der Waals surface area (Å²) < 4.78 is 1.53. The van der Waals surface area contributed by atoms with Crippen LogP contribution in [0.5, 0.6) is 0 Å². The Bertz CT molecular complexity index is 421. The van der Waals surface area contributed by atoms with Gasteiger partial charge >= 0.3 is 0 Å². The Labute approximate surface area is 78.9 Å². The molecular formula is C8H8N2O4. The highest BCUT2D eigenvalue weighted by Crippen LogP contribution is 2.29. The summed E-state index contributed by atoms with van der Waals surface area (Å²) in [5.74, 6) is -0.137. The Morgan fingerprint density at radius 3 is 2.93 bits per heavy atom. The Hall–Kier alpha value is -1.69. The van der Waals surface area contributed by atoms with Gasteiger partial charge in [0.15, 0.2) is 5.78 Å². The second-order valence-electron chi connectivity index (χ2n) is 3.12. The molecule has 0 spiro atoms. The first kappa shape index (κ1) is 8.89. The van der Waals surface area contributed by atoms with E-state index in [0.29, 0.717) is 18.7 Å². The summed E-state index contributed by atoms with van der Waals surface area (Å²) >= 11 is 0. The number of ketones is 1. The first-order valence-corrected chi connectivity index (χ1v) is 4.15. The van der Waals surface area contributed by atoms with E-state index < -0.39 is 11.5 Å². The van der Waals surface area contributed by atoms with Gasteiger partial charge in [-0.05, 0) is 0 Å². The summed E-state index contributed by atoms with van der Waals surface area (Å²) in [6, 6.07) is 0. The van der Waals surface area contributed by atoms with Crippen molar-refractivity contribution >= 4 is 11.5 Å². The Morgan fingerprint density at radius 1 is 1.64 bits per heavy atom. The van der Waals surface area contributed by atoms with E-state index in [9.17, 15) is 14.9 Å². The van der Waals surface area contributed by atoms with E-state index in [1.165, 1.54) is 10.8 Å². The summed E-state index contributed by atoms with van der Waals surface area (Å²) in [7, 11) is 0. The number of aromatic nitrogens is 1. The van der Waals surface area contributed by atoms with Gasteiger partial charge in [0, 0.05) is 13.0 Å². The minimum atomic E-state index is -0.579. The molecule has 1 aromatic rings. The molecular weight excluding hydrogens is 188 g/mol. The maximum absolute atomic E-state index is 11.3. The van der Waals surface area contributed by atoms with Crippen LogP contribution in [0.3, 0.4) is 0 Å². The molecule has 2 rings (SSSR count). The molecule has 1 N–H and O–H groups in total. The van der Waals surface area contributed by atoms with E-state index in [1.807, 2.05) is 0 Å². The first-order chi connectivity index (χ1) is 6.65. The lowest BCUT2D eigenvalue weighted by molar-refractivity contribution is -0.385. The fraction of sp³-hybridized carbons (Fsp3) is 0.375. The van der Waals surface area contributed by atoms with Crippen LogP contribution in [-0.2, 0) is 13.2 Å². The van der Waals surface area contributed by atoms with Gasteiger partial charge in [-0.25, -0.2) is 0 Å². The standard InChI is InChI=1S/C8H8N2O4/c11-4-5-6(10(13)14)3-9-2-1-7(12)8(5)9/h3,11H,1-2,4H2. The maximum atomic E-state index is 11.3. The summed E-state index contributed by atoms with van der Waals surface area (Å²) in [5.41, 5.74) is 0.257. The quantitative estimate of drug-likeness (QED) is 0.550. The zero-order valence-corrected chi connectivity index (χ0v) is 7.27. The molecule has 0 saturated carbocycles. The molecule has 6 heteroatoms. The van der Waals surface area contributed by atoms with Crippen molar-refractivity contribution in [2.45, 2.75) is 19.6 Å². The molecule has 0 bridgehead atoms. The first-order valence-electron chi connectivity index (χ1n) is 4.15. The second kappa shape index (κ2) is 2.91. The fourth-order valence-corrected chi connectivity index (χ4v) is 1.74. The van der Waals surface area contributed by atoms with Crippen LogP contribution in [-0.4, -0.2) is 20.4 Å². The van der Waals surface area contributed by atoms with Crippen molar-refractivity contribution in [1.82, 2.24) is 4.57 Å². The third kappa shape index (κ3) is 1.04. The molecule has 14 heavy (non-hydrogen) atoms. The van der Waals surface area contributed by atoms with E-state index in [2.05, 4.69) is 0 Å². The predicted octanol–water partition coefficient (Wildman–Crippen LogP) is 0.475. The number of aliphatic hydroxyl groups excluding tert-OH is 1. The topological polar surface area (TPSA) is 85.4 Å². The molecule has 74 valence electrons. The lowest BCUT2D eigenvalue weighted by Crippen LogP contribution is -1.99. The van der Waals surface area contributed by atoms with Crippen molar-refractivity contribution in [3.05, 3.63) is 27.6 Å². The van der Waals surface area contributed by atoms with Gasteiger partial charge in [-0.1, -0.05) is 0 Å². The van der Waals surface area contributed by atoms with E-state index in [-0.39, 0.29) is 17.0 Å². The summed E-state index contributed by atoms with van der Waals surface area (Å²) in [6.45, 7) is -0.000602. The average molecular weight is 196 g/mol. The van der Waals surface area contributed by atoms with Crippen LogP contribution in [0, 0.1) is 10.1 Å². The van der Waals surface area contributed by atoms with E-state index in [4.69, 9.17) is 5.11 Å². The van der Waals surface area contributed by atoms with Crippen LogP contribution in [0.1, 0.15) is 22.5 Å². The molecule has 1 aliphatic heterocycles. The minimum Gasteiger partial charge on any atom is -0.391 e. The normalized spacial score (nSPS) is 14.5. The predicted molar refractivity (Wildman–Crippen MR) is 46.0 cm³/mol. The summed E-state index contributed by atoms with van der Waals surface area (Å²) in [6.07, 6.45) is 1.67. The van der Waals surface area contributed by atoms with E-state index >= 15 is 0 Å². The smallest absolute Gasteiger partial charge is 0.293 e. The van der Waals surface area contributed by atoms with Gasteiger partial charge in [-0.15, -0.1) is 0 Å². The van der Waals surface area contributed by atoms with Crippen LogP contribution in [0.15, 0.2) is 6.20 Å². The van der Waals surface area contributed by atoms with Gasteiger partial charge in [0.2, 0.25) is 0 Å². The average Bonchev–Trinajstić information content (AvgIpc) is 2.66. The van der Waals surface area contributed by atoms with Crippen molar-refractivity contribution in [3.63, 3.8) is 0 Å². The van der Waals surface area contributed by atoms with E-state index in [0.717, 1.165) is 0 Å². The Kier molecular flexibility index (Phi) is 1.85. The number of hydrogen-bond donors (Lipinski definition) is 1. The lowest BCUT2D eigenvalue weighted by Gasteiger charge is -1.94. The van der Waals surface area contributed by atoms with Crippen LogP contribution in [0.2, 0.25) is 0 Å². The number of rotatable bonds is 2. The SMILES string of the molecule is O=C1CCn2cc([N+](=O)[O-])c(CO)c21. The third-order valence-corrected chi connectivity index (χ3v) is 2.36. The van der Waals surface area contributed by atoms with Gasteiger partial charge in [-0.2, -0.15) is 0 Å². The molecule has 0 atom stereocenters. The summed E-state index contributed by atoms with van der Waals surface area (Å²) in [5, 5.41) is 19.5. The number of fused-ring (bicyclic) bond motifs is 1. The molecule has 0 radical (unpaired) electrons. The van der Waals surface area contributed by atoms with Gasteiger partial charge in [0.25, 0.3) is 5.69 Å². The molecule has 2 heterocycles. The highest BCUT2D eigenvalue weighted by Gasteiger charge is 2.30. The Balaban J connectivity index is 2.62. The number of carbonyl (C=O) groups excluding carboxylic acids is 1. The second-order valence-corrected chi connectivity index (χ2v) is 3.12. The van der Waals surface area contributed by atoms with Crippen molar-refractivity contribution in [1.29, 1.82) is 0 Å². The molecule has 0 amide bonds. The molecule has 0 aromatic carbocycles. The number of nitro groups is 1. The zero-order valence-electron chi connectivity index (χ0n) is 7.27. The molecule has 1 aromatic heterocycles. The number of nitrogens with zero attached hydrogens (tertiary/aromatic N) is 2. The number of aryl methyl sites for hydroxylation is 1. The molecule has 0 unspecified atom stereocenters. The van der Waals surface area contributed by atoms with Gasteiger partial charge in [0.1, 0.15) is 0 Å². The van der Waals surface area contributed by atoms with Crippen LogP contribution in [0.4, 0.5) is 5.69 Å². The fourth-order valence-electron chi connectivity index (χ4n) is 1.74. The number of aliphatic hydroxyl groups is 1. The largest absolute Gasteiger partial charge is 0.391 e. The maximum Gasteiger partial charge on any atom is 0.293 e. The van der Waals surface area contributed by atoms with E-state index in [1.54, 1.807) is 0 Å². The van der Waals surface area contributed by atoms with Crippen molar-refractivity contribution in [2.24, 2.45) is 0 Å². The minimum absolute atomic E-state index is 0.137.